The standard InChI is InChI=1S/C13H24N2O3/c14-12(16)17-9-8-15-10-11-4-7-13(18-11)5-2-1-3-6-13/h11,15H,1-10H2,(H2,14,16). The van der Waals surface area contributed by atoms with Gasteiger partial charge in [0, 0.05) is 13.1 Å². The normalized spacial score (nSPS) is 26.3. The fourth-order valence-corrected chi connectivity index (χ4v) is 3.09. The number of hydrogen-bond acceptors (Lipinski definition) is 4. The summed E-state index contributed by atoms with van der Waals surface area (Å²) in [6.45, 7) is 1.80. The van der Waals surface area contributed by atoms with E-state index in [4.69, 9.17) is 10.5 Å². The number of hydrogen-bond donors (Lipinski definition) is 2. The number of rotatable bonds is 5. The maximum Gasteiger partial charge on any atom is 0.404 e. The zero-order valence-electron chi connectivity index (χ0n) is 11.0. The molecule has 1 saturated carbocycles. The summed E-state index contributed by atoms with van der Waals surface area (Å²) in [5.74, 6) is 0. The molecular weight excluding hydrogens is 232 g/mol. The summed E-state index contributed by atoms with van der Waals surface area (Å²) in [4.78, 5) is 10.4. The summed E-state index contributed by atoms with van der Waals surface area (Å²) in [5, 5.41) is 3.25. The van der Waals surface area contributed by atoms with E-state index < -0.39 is 6.09 Å². The van der Waals surface area contributed by atoms with Gasteiger partial charge >= 0.3 is 6.09 Å². The van der Waals surface area contributed by atoms with Crippen molar-refractivity contribution in [3.63, 3.8) is 0 Å². The SMILES string of the molecule is NC(=O)OCCNCC1CCC2(CCCCC2)O1. The molecule has 1 atom stereocenters. The molecule has 0 bridgehead atoms. The number of nitrogens with two attached hydrogens (primary N) is 1. The Hall–Kier alpha value is -0.810. The van der Waals surface area contributed by atoms with Crippen LogP contribution in [-0.2, 0) is 9.47 Å². The molecule has 1 spiro atoms. The molecule has 1 amide bonds. The lowest BCUT2D eigenvalue weighted by atomic mass is 9.83. The summed E-state index contributed by atoms with van der Waals surface area (Å²) in [5.41, 5.74) is 5.07. The van der Waals surface area contributed by atoms with Gasteiger partial charge in [-0.1, -0.05) is 19.3 Å². The zero-order chi connectivity index (χ0) is 12.8. The number of carbonyl (C=O) groups is 1. The van der Waals surface area contributed by atoms with Crippen LogP contribution in [0.2, 0.25) is 0 Å². The Bertz CT molecular complexity index is 277. The van der Waals surface area contributed by atoms with Crippen LogP contribution in [0.15, 0.2) is 0 Å². The molecule has 3 N–H and O–H groups in total. The molecule has 5 nitrogen and oxygen atoms in total. The number of carbonyl (C=O) groups excluding carboxylic acids is 1. The first-order valence-corrected chi connectivity index (χ1v) is 7.01. The Morgan fingerprint density at radius 1 is 1.33 bits per heavy atom. The van der Waals surface area contributed by atoms with Gasteiger partial charge in [0.25, 0.3) is 0 Å². The van der Waals surface area contributed by atoms with Gasteiger partial charge in [-0.25, -0.2) is 4.79 Å². The van der Waals surface area contributed by atoms with Gasteiger partial charge in [0.05, 0.1) is 11.7 Å². The lowest BCUT2D eigenvalue weighted by Gasteiger charge is -2.33. The average molecular weight is 256 g/mol. The average Bonchev–Trinajstić information content (AvgIpc) is 2.72. The van der Waals surface area contributed by atoms with Crippen LogP contribution in [0.3, 0.4) is 0 Å². The largest absolute Gasteiger partial charge is 0.448 e. The monoisotopic (exact) mass is 256 g/mol. The molecule has 1 aliphatic heterocycles. The fraction of sp³-hybridized carbons (Fsp3) is 0.923. The molecule has 5 heteroatoms. The van der Waals surface area contributed by atoms with Gasteiger partial charge in [-0.3, -0.25) is 0 Å². The molecule has 0 radical (unpaired) electrons. The molecule has 2 aliphatic rings. The molecule has 1 saturated heterocycles. The van der Waals surface area contributed by atoms with Crippen LogP contribution in [0.4, 0.5) is 4.79 Å². The summed E-state index contributed by atoms with van der Waals surface area (Å²) < 4.78 is 10.9. The Morgan fingerprint density at radius 3 is 2.83 bits per heavy atom. The van der Waals surface area contributed by atoms with E-state index in [1.54, 1.807) is 0 Å². The Kier molecular flexibility index (Phi) is 4.83. The summed E-state index contributed by atoms with van der Waals surface area (Å²) >= 11 is 0. The highest BCUT2D eigenvalue weighted by Crippen LogP contribution is 2.41. The molecule has 0 aromatic heterocycles. The minimum absolute atomic E-state index is 0.189. The van der Waals surface area contributed by atoms with Crippen LogP contribution >= 0.6 is 0 Å². The van der Waals surface area contributed by atoms with Crippen molar-refractivity contribution < 1.29 is 14.3 Å². The van der Waals surface area contributed by atoms with E-state index in [9.17, 15) is 4.79 Å². The first-order chi connectivity index (χ1) is 8.70. The molecule has 1 heterocycles. The van der Waals surface area contributed by atoms with E-state index in [-0.39, 0.29) is 5.60 Å². The highest BCUT2D eigenvalue weighted by Gasteiger charge is 2.40. The quantitative estimate of drug-likeness (QED) is 0.732. The minimum atomic E-state index is -0.713. The van der Waals surface area contributed by atoms with E-state index in [0.29, 0.717) is 19.3 Å². The maximum atomic E-state index is 10.4. The second-order valence-electron chi connectivity index (χ2n) is 5.39. The number of nitrogens with one attached hydrogen (secondary N) is 1. The number of ether oxygens (including phenoxy) is 2. The van der Waals surface area contributed by atoms with Crippen LogP contribution < -0.4 is 11.1 Å². The van der Waals surface area contributed by atoms with E-state index >= 15 is 0 Å². The van der Waals surface area contributed by atoms with Gasteiger partial charge in [-0.15, -0.1) is 0 Å². The van der Waals surface area contributed by atoms with Crippen molar-refractivity contribution in [3.8, 4) is 0 Å². The first kappa shape index (κ1) is 13.6. The topological polar surface area (TPSA) is 73.6 Å². The Morgan fingerprint density at radius 2 is 2.11 bits per heavy atom. The third-order valence-electron chi connectivity index (χ3n) is 4.00. The van der Waals surface area contributed by atoms with Gasteiger partial charge in [0.2, 0.25) is 0 Å². The second-order valence-corrected chi connectivity index (χ2v) is 5.39. The molecular formula is C13H24N2O3. The summed E-state index contributed by atoms with van der Waals surface area (Å²) in [7, 11) is 0. The first-order valence-electron chi connectivity index (χ1n) is 7.01. The van der Waals surface area contributed by atoms with Gasteiger partial charge < -0.3 is 20.5 Å². The lowest BCUT2D eigenvalue weighted by Crippen LogP contribution is -2.35. The van der Waals surface area contributed by atoms with Crippen LogP contribution in [0, 0.1) is 0 Å². The van der Waals surface area contributed by atoms with Crippen molar-refractivity contribution in [3.05, 3.63) is 0 Å². The Labute approximate surface area is 108 Å². The van der Waals surface area contributed by atoms with Crippen LogP contribution in [0.5, 0.6) is 0 Å². The lowest BCUT2D eigenvalue weighted by molar-refractivity contribution is -0.0624. The molecule has 18 heavy (non-hydrogen) atoms. The van der Waals surface area contributed by atoms with Crippen molar-refractivity contribution in [1.29, 1.82) is 0 Å². The van der Waals surface area contributed by atoms with Gasteiger partial charge in [0.1, 0.15) is 6.61 Å². The second kappa shape index (κ2) is 6.38. The van der Waals surface area contributed by atoms with E-state index in [0.717, 1.165) is 13.0 Å². The van der Waals surface area contributed by atoms with Crippen LogP contribution in [-0.4, -0.2) is 37.5 Å². The van der Waals surface area contributed by atoms with E-state index in [2.05, 4.69) is 10.1 Å². The predicted molar refractivity (Wildman–Crippen MR) is 68.3 cm³/mol. The molecule has 2 rings (SSSR count). The van der Waals surface area contributed by atoms with E-state index in [1.165, 1.54) is 38.5 Å². The maximum absolute atomic E-state index is 10.4. The Balaban J connectivity index is 1.59. The smallest absolute Gasteiger partial charge is 0.404 e. The van der Waals surface area contributed by atoms with Crippen LogP contribution in [0.1, 0.15) is 44.9 Å². The highest BCUT2D eigenvalue weighted by atomic mass is 16.5. The van der Waals surface area contributed by atoms with Crippen molar-refractivity contribution in [2.24, 2.45) is 5.73 Å². The van der Waals surface area contributed by atoms with Crippen molar-refractivity contribution >= 4 is 6.09 Å². The molecule has 1 unspecified atom stereocenters. The van der Waals surface area contributed by atoms with Gasteiger partial charge in [-0.05, 0) is 25.7 Å². The predicted octanol–water partition coefficient (Wildman–Crippen LogP) is 1.55. The molecule has 0 aromatic carbocycles. The molecule has 0 aromatic rings. The zero-order valence-corrected chi connectivity index (χ0v) is 11.0. The van der Waals surface area contributed by atoms with Crippen molar-refractivity contribution in [2.45, 2.75) is 56.7 Å². The summed E-state index contributed by atoms with van der Waals surface area (Å²) in [6, 6.07) is 0. The van der Waals surface area contributed by atoms with Gasteiger partial charge in [0.15, 0.2) is 0 Å². The third kappa shape index (κ3) is 3.85. The molecule has 1 aliphatic carbocycles. The van der Waals surface area contributed by atoms with Crippen molar-refractivity contribution in [1.82, 2.24) is 5.32 Å². The molecule has 104 valence electrons. The molecule has 2 fully saturated rings. The van der Waals surface area contributed by atoms with Crippen LogP contribution in [0.25, 0.3) is 0 Å². The number of amides is 1. The van der Waals surface area contributed by atoms with E-state index in [1.807, 2.05) is 0 Å². The fourth-order valence-electron chi connectivity index (χ4n) is 3.09. The van der Waals surface area contributed by atoms with Gasteiger partial charge in [-0.2, -0.15) is 0 Å². The minimum Gasteiger partial charge on any atom is -0.448 e. The highest BCUT2D eigenvalue weighted by molar-refractivity contribution is 5.64. The van der Waals surface area contributed by atoms with Crippen molar-refractivity contribution in [2.75, 3.05) is 19.7 Å². The number of primary amides is 1. The summed E-state index contributed by atoms with van der Waals surface area (Å²) in [6.07, 6.45) is 8.40. The third-order valence-corrected chi connectivity index (χ3v) is 4.00.